The van der Waals surface area contributed by atoms with Crippen molar-refractivity contribution < 1.29 is 19.0 Å². The van der Waals surface area contributed by atoms with Crippen LogP contribution in [0, 0.1) is 5.82 Å². The van der Waals surface area contributed by atoms with Gasteiger partial charge in [0.05, 0.1) is 18.7 Å². The normalized spacial score (nSPS) is 14.5. The second-order valence-corrected chi connectivity index (χ2v) is 7.78. The molecule has 1 aliphatic rings. The molecule has 3 N–H and O–H groups in total. The zero-order chi connectivity index (χ0) is 22.5. The van der Waals surface area contributed by atoms with E-state index in [-0.39, 0.29) is 16.9 Å². The highest BCUT2D eigenvalue weighted by Gasteiger charge is 2.20. The Kier molecular flexibility index (Phi) is 6.77. The number of nitrogens with zero attached hydrogens (tertiary/aromatic N) is 2. The molecule has 3 aromatic rings. The summed E-state index contributed by atoms with van der Waals surface area (Å²) in [6, 6.07) is 7.79. The summed E-state index contributed by atoms with van der Waals surface area (Å²) in [7, 11) is 0. The van der Waals surface area contributed by atoms with Gasteiger partial charge in [0.1, 0.15) is 16.9 Å². The third-order valence-electron chi connectivity index (χ3n) is 5.47. The fourth-order valence-electron chi connectivity index (χ4n) is 3.77. The van der Waals surface area contributed by atoms with E-state index in [1.165, 1.54) is 12.1 Å². The Hall–Kier alpha value is -3.30. The van der Waals surface area contributed by atoms with Gasteiger partial charge >= 0.3 is 0 Å². The summed E-state index contributed by atoms with van der Waals surface area (Å²) in [5.74, 6) is -1.39. The van der Waals surface area contributed by atoms with Crippen LogP contribution >= 0.6 is 0 Å². The second-order valence-electron chi connectivity index (χ2n) is 7.78. The molecular formula is C23H25FN4O4. The van der Waals surface area contributed by atoms with Crippen molar-refractivity contribution >= 4 is 16.9 Å². The molecule has 168 valence electrons. The number of pyridine rings is 2. The number of ether oxygens (including phenoxy) is 1. The molecule has 9 heteroatoms. The number of benzene rings is 1. The number of amides is 1. The zero-order valence-corrected chi connectivity index (χ0v) is 17.6. The molecule has 1 saturated heterocycles. The highest BCUT2D eigenvalue weighted by Crippen LogP contribution is 2.24. The lowest BCUT2D eigenvalue weighted by atomic mass is 10.1. The van der Waals surface area contributed by atoms with Crippen molar-refractivity contribution in [1.29, 1.82) is 0 Å². The van der Waals surface area contributed by atoms with Crippen molar-refractivity contribution in [3.05, 3.63) is 69.4 Å². The van der Waals surface area contributed by atoms with Crippen LogP contribution in [0.15, 0.2) is 41.3 Å². The van der Waals surface area contributed by atoms with Crippen LogP contribution in [0.25, 0.3) is 11.0 Å². The minimum atomic E-state index is -0.679. The molecule has 1 fully saturated rings. The van der Waals surface area contributed by atoms with Gasteiger partial charge in [-0.25, -0.2) is 4.39 Å². The molecule has 0 aliphatic carbocycles. The van der Waals surface area contributed by atoms with Crippen LogP contribution in [0.5, 0.6) is 5.75 Å². The van der Waals surface area contributed by atoms with Gasteiger partial charge in [-0.2, -0.15) is 0 Å². The Balaban J connectivity index is 1.44. The first-order valence-electron chi connectivity index (χ1n) is 10.6. The SMILES string of the molecule is O=C(NCCCN1CCOCC1)c1c(O)c2ncc(Cc3ccc(F)cc3)cc2[nH]c1=O. The number of carbonyl (C=O) groups excluding carboxylic acids is 1. The number of nitrogens with one attached hydrogen (secondary N) is 2. The van der Waals surface area contributed by atoms with Gasteiger partial charge in [-0.1, -0.05) is 12.1 Å². The molecule has 1 aliphatic heterocycles. The van der Waals surface area contributed by atoms with Gasteiger partial charge in [0.2, 0.25) is 0 Å². The maximum Gasteiger partial charge on any atom is 0.265 e. The number of aromatic hydroxyl groups is 1. The number of hydrogen-bond donors (Lipinski definition) is 3. The molecule has 1 aromatic carbocycles. The maximum atomic E-state index is 13.1. The minimum absolute atomic E-state index is 0.144. The summed E-state index contributed by atoms with van der Waals surface area (Å²) in [6.07, 6.45) is 2.77. The van der Waals surface area contributed by atoms with E-state index in [2.05, 4.69) is 20.2 Å². The fraction of sp³-hybridized carbons (Fsp3) is 0.348. The predicted octanol–water partition coefficient (Wildman–Crippen LogP) is 1.81. The van der Waals surface area contributed by atoms with E-state index in [1.54, 1.807) is 24.4 Å². The molecule has 32 heavy (non-hydrogen) atoms. The standard InChI is InChI=1S/C23H25FN4O4/c24-17-4-2-15(3-5-17)12-16-13-18-20(26-14-16)21(29)19(23(31)27-18)22(30)25-6-1-7-28-8-10-32-11-9-28/h2-5,13-14H,1,6-12H2,(H,25,30)(H2,27,29,31). The van der Waals surface area contributed by atoms with Crippen molar-refractivity contribution in [3.8, 4) is 5.75 Å². The first-order valence-corrected chi connectivity index (χ1v) is 10.6. The van der Waals surface area contributed by atoms with Gasteiger partial charge in [0.25, 0.3) is 11.5 Å². The Morgan fingerprint density at radius 3 is 2.72 bits per heavy atom. The highest BCUT2D eigenvalue weighted by atomic mass is 19.1. The van der Waals surface area contributed by atoms with Crippen LogP contribution in [-0.2, 0) is 11.2 Å². The van der Waals surface area contributed by atoms with Crippen molar-refractivity contribution in [2.45, 2.75) is 12.8 Å². The van der Waals surface area contributed by atoms with Gasteiger partial charge < -0.3 is 20.1 Å². The Labute approximate surface area is 184 Å². The Bertz CT molecular complexity index is 1160. The third kappa shape index (κ3) is 5.12. The van der Waals surface area contributed by atoms with Gasteiger partial charge in [-0.3, -0.25) is 19.5 Å². The molecule has 0 bridgehead atoms. The van der Waals surface area contributed by atoms with E-state index >= 15 is 0 Å². The van der Waals surface area contributed by atoms with Crippen LogP contribution in [0.2, 0.25) is 0 Å². The molecule has 8 nitrogen and oxygen atoms in total. The molecule has 3 heterocycles. The lowest BCUT2D eigenvalue weighted by Gasteiger charge is -2.26. The number of rotatable bonds is 7. The van der Waals surface area contributed by atoms with Crippen LogP contribution in [-0.4, -0.2) is 65.3 Å². The minimum Gasteiger partial charge on any atom is -0.505 e. The first-order chi connectivity index (χ1) is 15.5. The first kappa shape index (κ1) is 21.9. The molecule has 0 saturated carbocycles. The van der Waals surface area contributed by atoms with Crippen LogP contribution < -0.4 is 10.9 Å². The summed E-state index contributed by atoms with van der Waals surface area (Å²) in [4.78, 5) is 34.2. The summed E-state index contributed by atoms with van der Waals surface area (Å²) in [5.41, 5.74) is 1.11. The Morgan fingerprint density at radius 2 is 1.97 bits per heavy atom. The fourth-order valence-corrected chi connectivity index (χ4v) is 3.77. The molecule has 1 amide bonds. The number of hydrogen-bond acceptors (Lipinski definition) is 6. The van der Waals surface area contributed by atoms with E-state index in [1.807, 2.05) is 0 Å². The maximum absolute atomic E-state index is 13.1. The zero-order valence-electron chi connectivity index (χ0n) is 17.6. The number of aromatic nitrogens is 2. The molecule has 0 atom stereocenters. The van der Waals surface area contributed by atoms with Crippen molar-refractivity contribution in [2.24, 2.45) is 0 Å². The summed E-state index contributed by atoms with van der Waals surface area (Å²) in [6.45, 7) is 4.37. The average molecular weight is 440 g/mol. The molecule has 0 spiro atoms. The van der Waals surface area contributed by atoms with Crippen molar-refractivity contribution in [1.82, 2.24) is 20.2 Å². The van der Waals surface area contributed by atoms with Crippen molar-refractivity contribution in [3.63, 3.8) is 0 Å². The predicted molar refractivity (Wildman–Crippen MR) is 117 cm³/mol. The van der Waals surface area contributed by atoms with Gasteiger partial charge in [0.15, 0.2) is 5.75 Å². The monoisotopic (exact) mass is 440 g/mol. The van der Waals surface area contributed by atoms with Gasteiger partial charge in [0, 0.05) is 25.8 Å². The van der Waals surface area contributed by atoms with E-state index in [0.29, 0.717) is 31.7 Å². The highest BCUT2D eigenvalue weighted by molar-refractivity contribution is 6.01. The van der Waals surface area contributed by atoms with Crippen LogP contribution in [0.1, 0.15) is 27.9 Å². The topological polar surface area (TPSA) is 108 Å². The van der Waals surface area contributed by atoms with Crippen LogP contribution in [0.4, 0.5) is 4.39 Å². The van der Waals surface area contributed by atoms with Crippen LogP contribution in [0.3, 0.4) is 0 Å². The number of fused-ring (bicyclic) bond motifs is 1. The molecule has 0 unspecified atom stereocenters. The third-order valence-corrected chi connectivity index (χ3v) is 5.47. The second kappa shape index (κ2) is 9.88. The lowest BCUT2D eigenvalue weighted by molar-refractivity contribution is 0.0374. The summed E-state index contributed by atoms with van der Waals surface area (Å²) >= 11 is 0. The Morgan fingerprint density at radius 1 is 1.22 bits per heavy atom. The van der Waals surface area contributed by atoms with E-state index in [4.69, 9.17) is 4.74 Å². The van der Waals surface area contributed by atoms with E-state index in [0.717, 1.165) is 37.2 Å². The van der Waals surface area contributed by atoms with Gasteiger partial charge in [-0.15, -0.1) is 0 Å². The molecule has 0 radical (unpaired) electrons. The number of halogens is 1. The number of aromatic amines is 1. The largest absolute Gasteiger partial charge is 0.505 e. The smallest absolute Gasteiger partial charge is 0.265 e. The molecular weight excluding hydrogens is 415 g/mol. The van der Waals surface area contributed by atoms with Crippen molar-refractivity contribution in [2.75, 3.05) is 39.4 Å². The summed E-state index contributed by atoms with van der Waals surface area (Å²) in [5, 5.41) is 13.3. The number of H-pyrrole nitrogens is 1. The molecule has 4 rings (SSSR count). The number of carbonyl (C=O) groups is 1. The van der Waals surface area contributed by atoms with Gasteiger partial charge in [-0.05, 0) is 48.7 Å². The molecule has 2 aromatic heterocycles. The lowest BCUT2D eigenvalue weighted by Crippen LogP contribution is -2.38. The summed E-state index contributed by atoms with van der Waals surface area (Å²) < 4.78 is 18.4. The van der Waals surface area contributed by atoms with E-state index < -0.39 is 17.2 Å². The quantitative estimate of drug-likeness (QED) is 0.484. The number of morpholine rings is 1. The average Bonchev–Trinajstić information content (AvgIpc) is 2.79. The van der Waals surface area contributed by atoms with E-state index in [9.17, 15) is 19.1 Å².